The number of thiazole rings is 1. The SMILES string of the molecule is c1cc(-c2nnc3ccc(N4CCCC(Cc5nccs5)C4)nn23)ccn1. The Labute approximate surface area is 160 Å². The van der Waals surface area contributed by atoms with Gasteiger partial charge >= 0.3 is 0 Å². The van der Waals surface area contributed by atoms with Crippen LogP contribution in [0.1, 0.15) is 17.8 Å². The van der Waals surface area contributed by atoms with E-state index in [1.807, 2.05) is 35.0 Å². The first-order valence-corrected chi connectivity index (χ1v) is 10.0. The molecule has 1 aliphatic heterocycles. The molecule has 5 heterocycles. The van der Waals surface area contributed by atoms with Crippen LogP contribution in [0.15, 0.2) is 48.2 Å². The second-order valence-electron chi connectivity index (χ2n) is 6.81. The Morgan fingerprint density at radius 1 is 1.07 bits per heavy atom. The molecule has 0 N–H and O–H groups in total. The molecule has 1 aliphatic rings. The maximum Gasteiger partial charge on any atom is 0.185 e. The molecular weight excluding hydrogens is 358 g/mol. The Morgan fingerprint density at radius 3 is 2.85 bits per heavy atom. The van der Waals surface area contributed by atoms with Crippen LogP contribution in [0.5, 0.6) is 0 Å². The first kappa shape index (κ1) is 16.3. The van der Waals surface area contributed by atoms with Crippen molar-refractivity contribution in [1.82, 2.24) is 29.8 Å². The summed E-state index contributed by atoms with van der Waals surface area (Å²) >= 11 is 1.75. The van der Waals surface area contributed by atoms with Gasteiger partial charge in [-0.1, -0.05) is 0 Å². The van der Waals surface area contributed by atoms with Gasteiger partial charge in [-0.15, -0.1) is 26.6 Å². The number of fused-ring (bicyclic) bond motifs is 1. The molecule has 136 valence electrons. The van der Waals surface area contributed by atoms with Crippen LogP contribution in [0.4, 0.5) is 5.82 Å². The first-order valence-electron chi connectivity index (χ1n) is 9.13. The molecule has 0 aliphatic carbocycles. The lowest BCUT2D eigenvalue weighted by Gasteiger charge is -2.33. The molecule has 1 fully saturated rings. The number of hydrogen-bond donors (Lipinski definition) is 0. The van der Waals surface area contributed by atoms with E-state index in [0.717, 1.165) is 42.4 Å². The summed E-state index contributed by atoms with van der Waals surface area (Å²) in [6.07, 6.45) is 8.87. The van der Waals surface area contributed by atoms with Crippen molar-refractivity contribution >= 4 is 22.8 Å². The molecule has 0 saturated carbocycles. The molecule has 1 saturated heterocycles. The standard InChI is InChI=1S/C19H19N7S/c1-2-14(12-18-21-9-11-27-18)13-25(10-1)17-4-3-16-22-23-19(26(16)24-17)15-5-7-20-8-6-15/h3-9,11,14H,1-2,10,12-13H2. The van der Waals surface area contributed by atoms with E-state index in [1.54, 1.807) is 23.7 Å². The fraction of sp³-hybridized carbons (Fsp3) is 0.316. The van der Waals surface area contributed by atoms with E-state index >= 15 is 0 Å². The number of piperidine rings is 1. The molecule has 1 unspecified atom stereocenters. The van der Waals surface area contributed by atoms with E-state index in [0.29, 0.717) is 5.92 Å². The van der Waals surface area contributed by atoms with Crippen molar-refractivity contribution in [3.8, 4) is 11.4 Å². The van der Waals surface area contributed by atoms with E-state index in [1.165, 1.54) is 17.8 Å². The Hall–Kier alpha value is -2.87. The van der Waals surface area contributed by atoms with E-state index < -0.39 is 0 Å². The Bertz CT molecular complexity index is 1030. The first-order chi connectivity index (χ1) is 13.4. The van der Waals surface area contributed by atoms with Crippen LogP contribution >= 0.6 is 11.3 Å². The lowest BCUT2D eigenvalue weighted by molar-refractivity contribution is 0.410. The zero-order valence-electron chi connectivity index (χ0n) is 14.8. The quantitative estimate of drug-likeness (QED) is 0.544. The van der Waals surface area contributed by atoms with E-state index in [-0.39, 0.29) is 0 Å². The molecular formula is C19H19N7S. The summed E-state index contributed by atoms with van der Waals surface area (Å²) in [5.74, 6) is 2.33. The molecule has 0 aromatic carbocycles. The smallest absolute Gasteiger partial charge is 0.185 e. The Kier molecular flexibility index (Phi) is 4.25. The van der Waals surface area contributed by atoms with Crippen molar-refractivity contribution in [2.75, 3.05) is 18.0 Å². The highest BCUT2D eigenvalue weighted by Gasteiger charge is 2.23. The Morgan fingerprint density at radius 2 is 2.00 bits per heavy atom. The van der Waals surface area contributed by atoms with Crippen molar-refractivity contribution in [3.63, 3.8) is 0 Å². The minimum absolute atomic E-state index is 0.614. The van der Waals surface area contributed by atoms with Gasteiger partial charge in [0.2, 0.25) is 0 Å². The maximum atomic E-state index is 4.85. The molecule has 1 atom stereocenters. The number of nitrogens with zero attached hydrogens (tertiary/aromatic N) is 7. The highest BCUT2D eigenvalue weighted by Crippen LogP contribution is 2.26. The predicted molar refractivity (Wildman–Crippen MR) is 105 cm³/mol. The highest BCUT2D eigenvalue weighted by atomic mass is 32.1. The van der Waals surface area contributed by atoms with Gasteiger partial charge in [0, 0.05) is 49.0 Å². The van der Waals surface area contributed by atoms with Gasteiger partial charge in [0.1, 0.15) is 5.82 Å². The molecule has 8 heteroatoms. The van der Waals surface area contributed by atoms with Crippen LogP contribution in [-0.4, -0.2) is 42.9 Å². The number of hydrogen-bond acceptors (Lipinski definition) is 7. The van der Waals surface area contributed by atoms with Gasteiger partial charge in [0.15, 0.2) is 11.5 Å². The summed E-state index contributed by atoms with van der Waals surface area (Å²) in [5.41, 5.74) is 1.71. The van der Waals surface area contributed by atoms with Gasteiger partial charge < -0.3 is 4.90 Å². The van der Waals surface area contributed by atoms with Crippen LogP contribution in [0.2, 0.25) is 0 Å². The van der Waals surface area contributed by atoms with Crippen molar-refractivity contribution in [2.45, 2.75) is 19.3 Å². The number of pyridine rings is 1. The van der Waals surface area contributed by atoms with Gasteiger partial charge in [-0.25, -0.2) is 4.98 Å². The molecule has 4 aromatic rings. The second-order valence-corrected chi connectivity index (χ2v) is 7.78. The molecule has 7 nitrogen and oxygen atoms in total. The summed E-state index contributed by atoms with van der Waals surface area (Å²) in [6.45, 7) is 2.03. The van der Waals surface area contributed by atoms with Crippen molar-refractivity contribution in [1.29, 1.82) is 0 Å². The monoisotopic (exact) mass is 377 g/mol. The summed E-state index contributed by atoms with van der Waals surface area (Å²) < 4.78 is 1.83. The third-order valence-corrected chi connectivity index (χ3v) is 5.78. The van der Waals surface area contributed by atoms with Gasteiger partial charge in [0.25, 0.3) is 0 Å². The van der Waals surface area contributed by atoms with Crippen molar-refractivity contribution < 1.29 is 0 Å². The Balaban J connectivity index is 1.42. The van der Waals surface area contributed by atoms with Gasteiger partial charge in [-0.3, -0.25) is 4.98 Å². The molecule has 0 spiro atoms. The third-order valence-electron chi connectivity index (χ3n) is 4.98. The van der Waals surface area contributed by atoms with Crippen LogP contribution in [0.25, 0.3) is 17.0 Å². The average Bonchev–Trinajstić information content (AvgIpc) is 3.38. The number of aromatic nitrogens is 6. The van der Waals surface area contributed by atoms with Gasteiger partial charge in [-0.2, -0.15) is 4.52 Å². The van der Waals surface area contributed by atoms with Crippen LogP contribution in [-0.2, 0) is 6.42 Å². The minimum Gasteiger partial charge on any atom is -0.355 e. The predicted octanol–water partition coefficient (Wildman–Crippen LogP) is 3.10. The molecule has 4 aromatic heterocycles. The van der Waals surface area contributed by atoms with E-state index in [2.05, 4.69) is 30.4 Å². The lowest BCUT2D eigenvalue weighted by atomic mass is 9.95. The zero-order valence-corrected chi connectivity index (χ0v) is 15.6. The summed E-state index contributed by atoms with van der Waals surface area (Å²) in [7, 11) is 0. The van der Waals surface area contributed by atoms with Crippen LogP contribution in [0.3, 0.4) is 0 Å². The van der Waals surface area contributed by atoms with Crippen LogP contribution in [0, 0.1) is 5.92 Å². The average molecular weight is 377 g/mol. The fourth-order valence-corrected chi connectivity index (χ4v) is 4.40. The van der Waals surface area contributed by atoms with E-state index in [9.17, 15) is 0 Å². The zero-order chi connectivity index (χ0) is 18.1. The van der Waals surface area contributed by atoms with Crippen LogP contribution < -0.4 is 4.90 Å². The molecule has 5 rings (SSSR count). The minimum atomic E-state index is 0.614. The largest absolute Gasteiger partial charge is 0.355 e. The van der Waals surface area contributed by atoms with Gasteiger partial charge in [-0.05, 0) is 43.0 Å². The lowest BCUT2D eigenvalue weighted by Crippen LogP contribution is -2.37. The van der Waals surface area contributed by atoms with E-state index in [4.69, 9.17) is 5.10 Å². The molecule has 0 amide bonds. The summed E-state index contributed by atoms with van der Waals surface area (Å²) in [6, 6.07) is 7.89. The molecule has 0 bridgehead atoms. The number of rotatable bonds is 4. The molecule has 0 radical (unpaired) electrons. The highest BCUT2D eigenvalue weighted by molar-refractivity contribution is 7.09. The summed E-state index contributed by atoms with van der Waals surface area (Å²) in [5, 5.41) is 16.7. The number of anilines is 1. The van der Waals surface area contributed by atoms with Crippen molar-refractivity contribution in [2.24, 2.45) is 5.92 Å². The fourth-order valence-electron chi connectivity index (χ4n) is 3.67. The third kappa shape index (κ3) is 3.28. The van der Waals surface area contributed by atoms with Crippen molar-refractivity contribution in [3.05, 3.63) is 53.2 Å². The summed E-state index contributed by atoms with van der Waals surface area (Å²) in [4.78, 5) is 10.9. The second kappa shape index (κ2) is 7.03. The maximum absolute atomic E-state index is 4.85. The topological polar surface area (TPSA) is 72.1 Å². The van der Waals surface area contributed by atoms with Gasteiger partial charge in [0.05, 0.1) is 5.01 Å². The molecule has 27 heavy (non-hydrogen) atoms. The normalized spacial score (nSPS) is 17.5.